The van der Waals surface area contributed by atoms with Crippen molar-refractivity contribution < 1.29 is 27.5 Å². The normalized spacial score (nSPS) is 12.6. The van der Waals surface area contributed by atoms with E-state index in [-0.39, 0.29) is 12.3 Å². The van der Waals surface area contributed by atoms with E-state index in [1.54, 1.807) is 6.92 Å². The quantitative estimate of drug-likeness (QED) is 0.197. The van der Waals surface area contributed by atoms with Gasteiger partial charge in [-0.1, -0.05) is 84.9 Å². The highest BCUT2D eigenvalue weighted by Crippen LogP contribution is 2.32. The molecular formula is C34H30F3NO3. The maximum Gasteiger partial charge on any atom is 0.449 e. The molecule has 5 aromatic rings. The summed E-state index contributed by atoms with van der Waals surface area (Å²) in [6, 6.07) is 30.0. The van der Waals surface area contributed by atoms with Gasteiger partial charge in [0.15, 0.2) is 0 Å². The summed E-state index contributed by atoms with van der Waals surface area (Å²) >= 11 is 0. The molecule has 0 unspecified atom stereocenters. The van der Waals surface area contributed by atoms with Gasteiger partial charge in [0.05, 0.1) is 12.5 Å². The SMILES string of the molecule is Cc1ccc2ccccc2c1CN(Cc1ccc(-c2cccc([C@@H](C)C(=O)O)c2)cc1)Cc1ccc(C(F)(F)F)o1. The number of aryl methyl sites for hydroxylation is 1. The third-order valence-corrected chi connectivity index (χ3v) is 7.43. The Hall–Kier alpha value is -4.36. The standard InChI is InChI=1S/C34H30F3NO3/c1-22-10-13-26-6-3-4-9-30(26)31(22)21-38(20-29-16-17-32(41-29)34(35,36)37)19-24-11-14-25(15-12-24)28-8-5-7-27(18-28)23(2)33(39)40/h3-18,23H,19-21H2,1-2H3,(H,39,40)/t23-/m1/s1. The van der Waals surface area contributed by atoms with Crippen molar-refractivity contribution in [1.82, 2.24) is 4.90 Å². The summed E-state index contributed by atoms with van der Waals surface area (Å²) < 4.78 is 44.8. The number of benzene rings is 4. The smallest absolute Gasteiger partial charge is 0.449 e. The second-order valence-electron chi connectivity index (χ2n) is 10.4. The van der Waals surface area contributed by atoms with Crippen molar-refractivity contribution in [2.75, 3.05) is 0 Å². The topological polar surface area (TPSA) is 53.7 Å². The third kappa shape index (κ3) is 6.52. The first-order valence-electron chi connectivity index (χ1n) is 13.4. The summed E-state index contributed by atoms with van der Waals surface area (Å²) in [5, 5.41) is 11.6. The molecule has 4 aromatic carbocycles. The van der Waals surface area contributed by atoms with Crippen molar-refractivity contribution in [3.05, 3.63) is 131 Å². The first kappa shape index (κ1) is 28.2. The monoisotopic (exact) mass is 557 g/mol. The van der Waals surface area contributed by atoms with Crippen molar-refractivity contribution in [1.29, 1.82) is 0 Å². The largest absolute Gasteiger partial charge is 0.481 e. The molecule has 4 nitrogen and oxygen atoms in total. The third-order valence-electron chi connectivity index (χ3n) is 7.43. The van der Waals surface area contributed by atoms with E-state index in [1.807, 2.05) is 67.6 Å². The fraction of sp³-hybridized carbons (Fsp3) is 0.206. The lowest BCUT2D eigenvalue weighted by Gasteiger charge is -2.24. The van der Waals surface area contributed by atoms with Crippen LogP contribution in [-0.4, -0.2) is 16.0 Å². The van der Waals surface area contributed by atoms with E-state index in [2.05, 4.69) is 29.2 Å². The van der Waals surface area contributed by atoms with Gasteiger partial charge in [-0.25, -0.2) is 0 Å². The van der Waals surface area contributed by atoms with Crippen molar-refractivity contribution >= 4 is 16.7 Å². The number of fused-ring (bicyclic) bond motifs is 1. The van der Waals surface area contributed by atoms with Crippen LogP contribution in [0.15, 0.2) is 101 Å². The van der Waals surface area contributed by atoms with Gasteiger partial charge in [0.25, 0.3) is 0 Å². The van der Waals surface area contributed by atoms with Crippen LogP contribution in [0, 0.1) is 6.92 Å². The highest BCUT2D eigenvalue weighted by atomic mass is 19.4. The minimum Gasteiger partial charge on any atom is -0.481 e. The second-order valence-corrected chi connectivity index (χ2v) is 10.4. The van der Waals surface area contributed by atoms with E-state index in [4.69, 9.17) is 4.42 Å². The zero-order chi connectivity index (χ0) is 29.1. The Labute approximate surface area is 236 Å². The van der Waals surface area contributed by atoms with Gasteiger partial charge in [-0.15, -0.1) is 0 Å². The Morgan fingerprint density at radius 3 is 2.32 bits per heavy atom. The van der Waals surface area contributed by atoms with Crippen LogP contribution in [0.25, 0.3) is 21.9 Å². The van der Waals surface area contributed by atoms with Gasteiger partial charge in [-0.2, -0.15) is 13.2 Å². The number of carbonyl (C=O) groups is 1. The predicted octanol–water partition coefficient (Wildman–Crippen LogP) is 8.82. The van der Waals surface area contributed by atoms with E-state index in [9.17, 15) is 23.1 Å². The van der Waals surface area contributed by atoms with Crippen LogP contribution < -0.4 is 0 Å². The fourth-order valence-corrected chi connectivity index (χ4v) is 5.07. The van der Waals surface area contributed by atoms with Crippen molar-refractivity contribution in [3.8, 4) is 11.1 Å². The number of carboxylic acids is 1. The molecule has 7 heteroatoms. The summed E-state index contributed by atoms with van der Waals surface area (Å²) in [5.41, 5.74) is 5.81. The van der Waals surface area contributed by atoms with E-state index in [0.29, 0.717) is 13.1 Å². The van der Waals surface area contributed by atoms with Gasteiger partial charge in [0.1, 0.15) is 5.76 Å². The number of nitrogens with zero attached hydrogens (tertiary/aromatic N) is 1. The molecule has 0 amide bonds. The number of halogens is 3. The Balaban J connectivity index is 1.43. The van der Waals surface area contributed by atoms with Crippen molar-refractivity contribution in [2.24, 2.45) is 0 Å². The Bertz CT molecular complexity index is 1670. The fourth-order valence-electron chi connectivity index (χ4n) is 5.07. The van der Waals surface area contributed by atoms with E-state index in [1.165, 1.54) is 6.07 Å². The van der Waals surface area contributed by atoms with Crippen molar-refractivity contribution in [2.45, 2.75) is 45.6 Å². The maximum atomic E-state index is 13.2. The highest BCUT2D eigenvalue weighted by Gasteiger charge is 2.34. The lowest BCUT2D eigenvalue weighted by Crippen LogP contribution is -2.23. The molecule has 0 fully saturated rings. The Kier molecular flexibility index (Phi) is 7.99. The second kappa shape index (κ2) is 11.6. The molecule has 1 N–H and O–H groups in total. The predicted molar refractivity (Wildman–Crippen MR) is 153 cm³/mol. The molecular weight excluding hydrogens is 527 g/mol. The molecule has 210 valence electrons. The molecule has 1 heterocycles. The molecule has 0 spiro atoms. The molecule has 0 radical (unpaired) electrons. The molecule has 1 atom stereocenters. The van der Waals surface area contributed by atoms with Crippen LogP contribution in [0.5, 0.6) is 0 Å². The first-order valence-corrected chi connectivity index (χ1v) is 13.4. The number of carboxylic acid groups (broad SMARTS) is 1. The number of hydrogen-bond acceptors (Lipinski definition) is 3. The summed E-state index contributed by atoms with van der Waals surface area (Å²) in [6.45, 7) is 4.92. The van der Waals surface area contributed by atoms with Crippen LogP contribution in [0.2, 0.25) is 0 Å². The van der Waals surface area contributed by atoms with Gasteiger partial charge in [-0.3, -0.25) is 9.69 Å². The average Bonchev–Trinajstić information content (AvgIpc) is 3.44. The Morgan fingerprint density at radius 2 is 1.61 bits per heavy atom. The summed E-state index contributed by atoms with van der Waals surface area (Å²) in [6.07, 6.45) is -4.54. The van der Waals surface area contributed by atoms with Crippen LogP contribution in [0.1, 0.15) is 46.6 Å². The van der Waals surface area contributed by atoms with Crippen LogP contribution in [0.3, 0.4) is 0 Å². The van der Waals surface area contributed by atoms with E-state index >= 15 is 0 Å². The molecule has 0 aliphatic carbocycles. The molecule has 0 bridgehead atoms. The summed E-state index contributed by atoms with van der Waals surface area (Å²) in [4.78, 5) is 13.5. The maximum absolute atomic E-state index is 13.2. The van der Waals surface area contributed by atoms with Gasteiger partial charge < -0.3 is 9.52 Å². The van der Waals surface area contributed by atoms with Crippen LogP contribution in [-0.2, 0) is 30.6 Å². The molecule has 1 aromatic heterocycles. The molecule has 0 aliphatic heterocycles. The minimum absolute atomic E-state index is 0.204. The van der Waals surface area contributed by atoms with Gasteiger partial charge >= 0.3 is 12.1 Å². The van der Waals surface area contributed by atoms with Gasteiger partial charge in [-0.05, 0) is 70.1 Å². The number of rotatable bonds is 9. The lowest BCUT2D eigenvalue weighted by atomic mass is 9.96. The molecule has 0 aliphatic rings. The van der Waals surface area contributed by atoms with Gasteiger partial charge in [0.2, 0.25) is 5.76 Å². The van der Waals surface area contributed by atoms with E-state index in [0.717, 1.165) is 50.2 Å². The summed E-state index contributed by atoms with van der Waals surface area (Å²) in [7, 11) is 0. The highest BCUT2D eigenvalue weighted by molar-refractivity contribution is 5.86. The number of furan rings is 1. The molecule has 41 heavy (non-hydrogen) atoms. The van der Waals surface area contributed by atoms with Crippen molar-refractivity contribution in [3.63, 3.8) is 0 Å². The number of hydrogen-bond donors (Lipinski definition) is 1. The molecule has 5 rings (SSSR count). The zero-order valence-electron chi connectivity index (χ0n) is 22.8. The first-order chi connectivity index (χ1) is 19.6. The molecule has 0 saturated heterocycles. The number of alkyl halides is 3. The summed E-state index contributed by atoms with van der Waals surface area (Å²) in [5.74, 6) is -2.24. The van der Waals surface area contributed by atoms with E-state index < -0.39 is 23.8 Å². The lowest BCUT2D eigenvalue weighted by molar-refractivity contribution is -0.153. The average molecular weight is 558 g/mol. The van der Waals surface area contributed by atoms with Crippen LogP contribution in [0.4, 0.5) is 13.2 Å². The van der Waals surface area contributed by atoms with Crippen LogP contribution >= 0.6 is 0 Å². The minimum atomic E-state index is -4.54. The van der Waals surface area contributed by atoms with Gasteiger partial charge in [0, 0.05) is 13.1 Å². The Morgan fingerprint density at radius 1 is 0.854 bits per heavy atom. The number of aliphatic carboxylic acids is 1. The molecule has 0 saturated carbocycles. The zero-order valence-corrected chi connectivity index (χ0v) is 22.8.